The largest absolute Gasteiger partial charge is 0.465 e. The van der Waals surface area contributed by atoms with Gasteiger partial charge in [-0.2, -0.15) is 5.10 Å². The van der Waals surface area contributed by atoms with Crippen molar-refractivity contribution in [3.8, 4) is 0 Å². The Morgan fingerprint density at radius 1 is 0.696 bits per heavy atom. The number of carbonyl (C=O) groups is 2. The van der Waals surface area contributed by atoms with E-state index in [0.29, 0.717) is 16.3 Å². The molecular weight excluding hydrogens is 595 g/mol. The third-order valence-corrected chi connectivity index (χ3v) is 9.14. The zero-order valence-corrected chi connectivity index (χ0v) is 27.3. The van der Waals surface area contributed by atoms with Crippen LogP contribution in [-0.2, 0) is 15.9 Å². The Labute approximate surface area is 275 Å². The maximum Gasteiger partial charge on any atom is 0.338 e. The number of aryl methyl sites for hydroxylation is 1. The molecular formula is C38H39N3O4S. The van der Waals surface area contributed by atoms with E-state index in [1.807, 2.05) is 89.6 Å². The smallest absolute Gasteiger partial charge is 0.338 e. The molecule has 0 fully saturated rings. The molecule has 0 saturated heterocycles. The van der Waals surface area contributed by atoms with E-state index >= 15 is 0 Å². The maximum atomic E-state index is 13.1. The van der Waals surface area contributed by atoms with Crippen molar-refractivity contribution in [2.45, 2.75) is 55.5 Å². The number of benzene rings is 4. The maximum absolute atomic E-state index is 13.1. The molecule has 1 aromatic heterocycles. The zero-order chi connectivity index (χ0) is 32.3. The number of aromatic nitrogens is 3. The van der Waals surface area contributed by atoms with E-state index in [1.165, 1.54) is 26.0 Å². The first-order chi connectivity index (χ1) is 22.5. The normalized spacial score (nSPS) is 12.3. The highest BCUT2D eigenvalue weighted by Gasteiger charge is 2.30. The van der Waals surface area contributed by atoms with Gasteiger partial charge in [0.15, 0.2) is 11.0 Å². The van der Waals surface area contributed by atoms with Gasteiger partial charge in [0, 0.05) is 6.42 Å². The highest BCUT2D eigenvalue weighted by molar-refractivity contribution is 7.99. The summed E-state index contributed by atoms with van der Waals surface area (Å²) in [6.45, 7) is 2.20. The molecule has 0 radical (unpaired) electrons. The standard InChI is InChI=1S/C38H39N3O4S/c1-4-5-6-13-26-33-39-38(46-35(28-20-11-8-12-21-28)30-23-15-17-25-32(30)37(43)45-3)41(40-33)34(27-18-9-7-10-19-27)29-22-14-16-24-31(29)36(42)44-2/h7-12,14-25,34-35H,4-6,13,26H2,1-3H3. The molecule has 5 aromatic rings. The van der Waals surface area contributed by atoms with Gasteiger partial charge in [-0.05, 0) is 40.8 Å². The summed E-state index contributed by atoms with van der Waals surface area (Å²) in [7, 11) is 2.79. The van der Waals surface area contributed by atoms with E-state index in [1.54, 1.807) is 12.1 Å². The third kappa shape index (κ3) is 7.57. The quantitative estimate of drug-likeness (QED) is 0.0689. The molecule has 0 bridgehead atoms. The second kappa shape index (κ2) is 16.0. The average molecular weight is 634 g/mol. The van der Waals surface area contributed by atoms with Gasteiger partial charge >= 0.3 is 11.9 Å². The van der Waals surface area contributed by atoms with Gasteiger partial charge in [-0.15, -0.1) is 0 Å². The summed E-state index contributed by atoms with van der Waals surface area (Å²) in [6, 6.07) is 34.6. The van der Waals surface area contributed by atoms with Crippen LogP contribution in [0.1, 0.15) is 92.7 Å². The molecule has 4 aromatic carbocycles. The molecule has 8 heteroatoms. The van der Waals surface area contributed by atoms with E-state index in [9.17, 15) is 9.59 Å². The summed E-state index contributed by atoms with van der Waals surface area (Å²) >= 11 is 1.53. The van der Waals surface area contributed by atoms with Crippen molar-refractivity contribution >= 4 is 23.7 Å². The highest BCUT2D eigenvalue weighted by atomic mass is 32.2. The van der Waals surface area contributed by atoms with Crippen LogP contribution in [0.25, 0.3) is 0 Å². The number of unbranched alkanes of at least 4 members (excludes halogenated alkanes) is 3. The molecule has 0 aliphatic rings. The number of thioether (sulfide) groups is 1. The van der Waals surface area contributed by atoms with Crippen LogP contribution in [0.5, 0.6) is 0 Å². The summed E-state index contributed by atoms with van der Waals surface area (Å²) in [5.41, 5.74) is 4.49. The molecule has 0 spiro atoms. The molecule has 7 nitrogen and oxygen atoms in total. The van der Waals surface area contributed by atoms with Gasteiger partial charge in [-0.25, -0.2) is 19.3 Å². The predicted molar refractivity (Wildman–Crippen MR) is 181 cm³/mol. The first-order valence-electron chi connectivity index (χ1n) is 15.6. The first-order valence-corrected chi connectivity index (χ1v) is 16.5. The van der Waals surface area contributed by atoms with E-state index in [0.717, 1.165) is 60.2 Å². The molecule has 0 aliphatic carbocycles. The third-order valence-electron chi connectivity index (χ3n) is 7.89. The lowest BCUT2D eigenvalue weighted by Crippen LogP contribution is -2.19. The summed E-state index contributed by atoms with van der Waals surface area (Å²) in [5.74, 6) is -0.0765. The summed E-state index contributed by atoms with van der Waals surface area (Å²) < 4.78 is 12.3. The number of methoxy groups -OCH3 is 2. The summed E-state index contributed by atoms with van der Waals surface area (Å²) in [6.07, 6.45) is 5.10. The fourth-order valence-corrected chi connectivity index (χ4v) is 6.85. The van der Waals surface area contributed by atoms with Crippen molar-refractivity contribution in [2.75, 3.05) is 14.2 Å². The van der Waals surface area contributed by atoms with E-state index in [4.69, 9.17) is 19.6 Å². The monoisotopic (exact) mass is 633 g/mol. The lowest BCUT2D eigenvalue weighted by atomic mass is 9.94. The van der Waals surface area contributed by atoms with Crippen LogP contribution in [0.15, 0.2) is 114 Å². The minimum Gasteiger partial charge on any atom is -0.465 e. The number of rotatable bonds is 14. The lowest BCUT2D eigenvalue weighted by Gasteiger charge is -2.24. The minimum absolute atomic E-state index is 0.306. The van der Waals surface area contributed by atoms with Crippen molar-refractivity contribution in [3.63, 3.8) is 0 Å². The van der Waals surface area contributed by atoms with Crippen LogP contribution in [0.2, 0.25) is 0 Å². The number of hydrogen-bond donors (Lipinski definition) is 0. The van der Waals surface area contributed by atoms with Crippen LogP contribution >= 0.6 is 11.8 Å². The number of esters is 2. The Kier molecular flexibility index (Phi) is 11.4. The molecule has 236 valence electrons. The number of ether oxygens (including phenoxy) is 2. The number of carbonyl (C=O) groups excluding carboxylic acids is 2. The molecule has 5 rings (SSSR count). The van der Waals surface area contributed by atoms with Crippen LogP contribution < -0.4 is 0 Å². The fraction of sp³-hybridized carbons (Fsp3) is 0.263. The topological polar surface area (TPSA) is 83.3 Å². The van der Waals surface area contributed by atoms with Crippen molar-refractivity contribution in [2.24, 2.45) is 0 Å². The number of hydrogen-bond acceptors (Lipinski definition) is 7. The fourth-order valence-electron chi connectivity index (χ4n) is 5.60. The summed E-state index contributed by atoms with van der Waals surface area (Å²) in [5, 5.41) is 5.51. The molecule has 1 heterocycles. The molecule has 0 amide bonds. The van der Waals surface area contributed by atoms with Gasteiger partial charge < -0.3 is 9.47 Å². The average Bonchev–Trinajstić information content (AvgIpc) is 3.51. The van der Waals surface area contributed by atoms with Gasteiger partial charge in [-0.3, -0.25) is 0 Å². The SMILES string of the molecule is CCCCCCc1nc(SC(c2ccccc2)c2ccccc2C(=O)OC)n(C(c2ccccc2)c2ccccc2C(=O)OC)n1. The molecule has 0 saturated carbocycles. The van der Waals surface area contributed by atoms with Gasteiger partial charge in [0.1, 0.15) is 6.04 Å². The zero-order valence-electron chi connectivity index (χ0n) is 26.5. The predicted octanol–water partition coefficient (Wildman–Crippen LogP) is 8.49. The Morgan fingerprint density at radius 3 is 1.85 bits per heavy atom. The minimum atomic E-state index is -0.469. The van der Waals surface area contributed by atoms with Crippen LogP contribution in [-0.4, -0.2) is 40.9 Å². The molecule has 2 atom stereocenters. The Morgan fingerprint density at radius 2 is 1.24 bits per heavy atom. The molecule has 2 unspecified atom stereocenters. The van der Waals surface area contributed by atoms with Crippen LogP contribution in [0.4, 0.5) is 0 Å². The molecule has 46 heavy (non-hydrogen) atoms. The highest BCUT2D eigenvalue weighted by Crippen LogP contribution is 2.43. The van der Waals surface area contributed by atoms with Crippen molar-refractivity contribution in [3.05, 3.63) is 148 Å². The molecule has 0 aliphatic heterocycles. The van der Waals surface area contributed by atoms with Crippen LogP contribution in [0, 0.1) is 0 Å². The Balaban J connectivity index is 1.70. The molecule has 0 N–H and O–H groups in total. The lowest BCUT2D eigenvalue weighted by molar-refractivity contribution is 0.0590. The van der Waals surface area contributed by atoms with Gasteiger partial charge in [0.2, 0.25) is 0 Å². The summed E-state index contributed by atoms with van der Waals surface area (Å²) in [4.78, 5) is 31.2. The van der Waals surface area contributed by atoms with Crippen molar-refractivity contribution in [1.29, 1.82) is 0 Å². The van der Waals surface area contributed by atoms with E-state index < -0.39 is 18.0 Å². The van der Waals surface area contributed by atoms with Gasteiger partial charge in [0.05, 0.1) is 30.6 Å². The van der Waals surface area contributed by atoms with Gasteiger partial charge in [-0.1, -0.05) is 135 Å². The van der Waals surface area contributed by atoms with E-state index in [-0.39, 0.29) is 5.25 Å². The Hall–Kier alpha value is -4.69. The first kappa shape index (κ1) is 32.7. The second-order valence-corrected chi connectivity index (χ2v) is 12.0. The Bertz CT molecular complexity index is 1740. The van der Waals surface area contributed by atoms with Crippen molar-refractivity contribution in [1.82, 2.24) is 14.8 Å². The van der Waals surface area contributed by atoms with Crippen LogP contribution in [0.3, 0.4) is 0 Å². The second-order valence-electron chi connectivity index (χ2n) is 10.9. The number of nitrogens with zero attached hydrogens (tertiary/aromatic N) is 3. The van der Waals surface area contributed by atoms with Gasteiger partial charge in [0.25, 0.3) is 0 Å². The van der Waals surface area contributed by atoms with Crippen molar-refractivity contribution < 1.29 is 19.1 Å². The van der Waals surface area contributed by atoms with E-state index in [2.05, 4.69) is 19.1 Å².